The smallest absolute Gasteiger partial charge is 0.303 e. The van der Waals surface area contributed by atoms with Gasteiger partial charge in [-0.1, -0.05) is 122 Å². The Morgan fingerprint density at radius 1 is 0.677 bits per heavy atom. The number of carboxylic acids is 1. The minimum Gasteiger partial charge on any atom is -0.481 e. The highest BCUT2D eigenvalue weighted by Gasteiger charge is 2.16. The molecule has 4 N–H and O–H groups in total. The third-order valence-corrected chi connectivity index (χ3v) is 6.07. The van der Waals surface area contributed by atoms with Gasteiger partial charge in [0.15, 0.2) is 0 Å². The van der Waals surface area contributed by atoms with Gasteiger partial charge in [0.1, 0.15) is 0 Å². The molecule has 0 rings (SSSR count). The van der Waals surface area contributed by atoms with Crippen LogP contribution in [0, 0.1) is 0 Å². The zero-order chi connectivity index (χ0) is 23.8. The minimum absolute atomic E-state index is 0.346. The Bertz CT molecular complexity index is 364. The molecule has 0 fully saturated rings. The molecule has 0 amide bonds. The average molecular weight is 444 g/mol. The Hall–Kier alpha value is -0.610. The van der Waals surface area contributed by atoms with Crippen molar-refractivity contribution in [3.05, 3.63) is 0 Å². The Balaban J connectivity index is 0. The number of aliphatic hydroxyl groups excluding tert-OH is 1. The van der Waals surface area contributed by atoms with Gasteiger partial charge in [-0.05, 0) is 27.2 Å². The van der Waals surface area contributed by atoms with Crippen molar-refractivity contribution in [1.29, 1.82) is 0 Å². The molecular weight excluding hydrogens is 386 g/mol. The fourth-order valence-corrected chi connectivity index (χ4v) is 3.35. The second kappa shape index (κ2) is 24.0. The highest BCUT2D eigenvalue weighted by atomic mass is 16.4. The summed E-state index contributed by atoms with van der Waals surface area (Å²) in [5, 5.41) is 17.3. The predicted octanol–water partition coefficient (Wildman–Crippen LogP) is 8.00. The van der Waals surface area contributed by atoms with Gasteiger partial charge in [-0.2, -0.15) is 0 Å². The molecular formula is C27H57NO3. The molecule has 0 aromatic carbocycles. The molecule has 0 aromatic heterocycles. The quantitative estimate of drug-likeness (QED) is 0.157. The van der Waals surface area contributed by atoms with Crippen LogP contribution in [0.3, 0.4) is 0 Å². The van der Waals surface area contributed by atoms with E-state index in [2.05, 4.69) is 6.92 Å². The lowest BCUT2D eigenvalue weighted by molar-refractivity contribution is -0.137. The SMILES string of the molecule is CC(O)C(C)(C)N.CCCCCCCCCCCCCCCCCCCCCC(=O)O. The first-order valence-electron chi connectivity index (χ1n) is 13.4. The second-order valence-electron chi connectivity index (χ2n) is 10.0. The number of rotatable bonds is 21. The monoisotopic (exact) mass is 443 g/mol. The lowest BCUT2D eigenvalue weighted by Crippen LogP contribution is -2.43. The van der Waals surface area contributed by atoms with E-state index in [1.165, 1.54) is 109 Å². The lowest BCUT2D eigenvalue weighted by atomic mass is 10.0. The van der Waals surface area contributed by atoms with Crippen molar-refractivity contribution >= 4 is 5.97 Å². The molecule has 0 aliphatic carbocycles. The van der Waals surface area contributed by atoms with Crippen molar-refractivity contribution in [2.75, 3.05) is 0 Å². The van der Waals surface area contributed by atoms with E-state index >= 15 is 0 Å². The molecule has 31 heavy (non-hydrogen) atoms. The van der Waals surface area contributed by atoms with Crippen molar-refractivity contribution in [1.82, 2.24) is 0 Å². The number of hydrogen-bond donors (Lipinski definition) is 3. The molecule has 0 aliphatic heterocycles. The molecule has 0 spiro atoms. The van der Waals surface area contributed by atoms with Gasteiger partial charge in [0.2, 0.25) is 0 Å². The van der Waals surface area contributed by atoms with Crippen LogP contribution in [0.2, 0.25) is 0 Å². The van der Waals surface area contributed by atoms with E-state index in [1.807, 2.05) is 0 Å². The maximum Gasteiger partial charge on any atom is 0.303 e. The van der Waals surface area contributed by atoms with Crippen LogP contribution in [0.25, 0.3) is 0 Å². The van der Waals surface area contributed by atoms with Crippen LogP contribution in [0.4, 0.5) is 0 Å². The highest BCUT2D eigenvalue weighted by molar-refractivity contribution is 5.66. The zero-order valence-corrected chi connectivity index (χ0v) is 21.6. The molecule has 0 saturated heterocycles. The predicted molar refractivity (Wildman–Crippen MR) is 136 cm³/mol. The number of carbonyl (C=O) groups is 1. The fraction of sp³-hybridized carbons (Fsp3) is 0.963. The summed E-state index contributed by atoms with van der Waals surface area (Å²) in [6.07, 6.45) is 25.7. The first kappa shape index (κ1) is 32.6. The average Bonchev–Trinajstić information content (AvgIpc) is 2.69. The van der Waals surface area contributed by atoms with Gasteiger partial charge in [0, 0.05) is 12.0 Å². The van der Waals surface area contributed by atoms with E-state index in [4.69, 9.17) is 15.9 Å². The van der Waals surface area contributed by atoms with Gasteiger partial charge in [-0.15, -0.1) is 0 Å². The van der Waals surface area contributed by atoms with E-state index in [0.717, 1.165) is 12.8 Å². The van der Waals surface area contributed by atoms with Crippen molar-refractivity contribution in [2.24, 2.45) is 5.73 Å². The summed E-state index contributed by atoms with van der Waals surface area (Å²) in [5.74, 6) is -0.651. The van der Waals surface area contributed by atoms with Gasteiger partial charge in [-0.3, -0.25) is 4.79 Å². The maximum absolute atomic E-state index is 10.4. The van der Waals surface area contributed by atoms with E-state index in [9.17, 15) is 4.79 Å². The minimum atomic E-state index is -0.651. The molecule has 0 bridgehead atoms. The summed E-state index contributed by atoms with van der Waals surface area (Å²) in [6.45, 7) is 7.54. The molecule has 0 saturated carbocycles. The highest BCUT2D eigenvalue weighted by Crippen LogP contribution is 2.14. The maximum atomic E-state index is 10.4. The topological polar surface area (TPSA) is 83.5 Å². The summed E-state index contributed by atoms with van der Waals surface area (Å²) >= 11 is 0. The summed E-state index contributed by atoms with van der Waals surface area (Å²) in [7, 11) is 0. The Labute approximate surface area is 194 Å². The fourth-order valence-electron chi connectivity index (χ4n) is 3.35. The van der Waals surface area contributed by atoms with E-state index in [1.54, 1.807) is 20.8 Å². The zero-order valence-electron chi connectivity index (χ0n) is 21.6. The van der Waals surface area contributed by atoms with Gasteiger partial charge in [0.05, 0.1) is 6.10 Å². The van der Waals surface area contributed by atoms with Gasteiger partial charge in [0.25, 0.3) is 0 Å². The molecule has 0 aromatic rings. The Kier molecular flexibility index (Phi) is 25.3. The van der Waals surface area contributed by atoms with Crippen LogP contribution in [0.5, 0.6) is 0 Å². The first-order valence-corrected chi connectivity index (χ1v) is 13.4. The van der Waals surface area contributed by atoms with E-state index in [-0.39, 0.29) is 0 Å². The molecule has 0 aliphatic rings. The van der Waals surface area contributed by atoms with Gasteiger partial charge in [-0.25, -0.2) is 0 Å². The van der Waals surface area contributed by atoms with Crippen LogP contribution < -0.4 is 5.73 Å². The van der Waals surface area contributed by atoms with Crippen LogP contribution in [0.1, 0.15) is 156 Å². The van der Waals surface area contributed by atoms with Crippen molar-refractivity contribution in [2.45, 2.75) is 168 Å². The van der Waals surface area contributed by atoms with Gasteiger partial charge < -0.3 is 15.9 Å². The number of unbranched alkanes of at least 4 members (excludes halogenated alkanes) is 18. The molecule has 1 atom stereocenters. The van der Waals surface area contributed by atoms with Crippen molar-refractivity contribution in [3.63, 3.8) is 0 Å². The second-order valence-corrected chi connectivity index (χ2v) is 10.0. The third-order valence-electron chi connectivity index (χ3n) is 6.07. The molecule has 188 valence electrons. The normalized spacial score (nSPS) is 12.3. The summed E-state index contributed by atoms with van der Waals surface area (Å²) in [5.41, 5.74) is 4.98. The van der Waals surface area contributed by atoms with E-state index < -0.39 is 17.6 Å². The molecule has 4 nitrogen and oxygen atoms in total. The molecule has 1 unspecified atom stereocenters. The van der Waals surface area contributed by atoms with Crippen LogP contribution >= 0.6 is 0 Å². The number of aliphatic hydroxyl groups is 1. The van der Waals surface area contributed by atoms with Crippen molar-refractivity contribution in [3.8, 4) is 0 Å². The van der Waals surface area contributed by atoms with Crippen LogP contribution in [0.15, 0.2) is 0 Å². The van der Waals surface area contributed by atoms with E-state index in [0.29, 0.717) is 6.42 Å². The Morgan fingerprint density at radius 3 is 1.10 bits per heavy atom. The summed E-state index contributed by atoms with van der Waals surface area (Å²) in [6, 6.07) is 0. The first-order chi connectivity index (χ1) is 14.7. The largest absolute Gasteiger partial charge is 0.481 e. The van der Waals surface area contributed by atoms with Gasteiger partial charge >= 0.3 is 5.97 Å². The van der Waals surface area contributed by atoms with Crippen LogP contribution in [-0.2, 0) is 4.79 Å². The van der Waals surface area contributed by atoms with Crippen molar-refractivity contribution < 1.29 is 15.0 Å². The van der Waals surface area contributed by atoms with Crippen LogP contribution in [-0.4, -0.2) is 27.8 Å². The number of aliphatic carboxylic acids is 1. The summed E-state index contributed by atoms with van der Waals surface area (Å²) < 4.78 is 0. The summed E-state index contributed by atoms with van der Waals surface area (Å²) in [4.78, 5) is 10.4. The molecule has 0 heterocycles. The number of carboxylic acid groups (broad SMARTS) is 1. The third kappa shape index (κ3) is 31.7. The molecule has 0 radical (unpaired) electrons. The molecule has 4 heteroatoms. The number of nitrogens with two attached hydrogens (primary N) is 1. The standard InChI is InChI=1S/C22H44O2.C5H13NO/c1-2-3-4-5-6-7-8-9-10-11-12-13-14-15-16-17-18-19-20-21-22(23)24;1-4(7)5(2,3)6/h2-21H2,1H3,(H,23,24);4,7H,6H2,1-3H3. The number of hydrogen-bond acceptors (Lipinski definition) is 3. The Morgan fingerprint density at radius 2 is 0.903 bits per heavy atom. The lowest BCUT2D eigenvalue weighted by Gasteiger charge is -2.21.